The van der Waals surface area contributed by atoms with Gasteiger partial charge in [-0.3, -0.25) is 5.43 Å². The number of hydrazine groups is 2. The van der Waals surface area contributed by atoms with E-state index >= 15 is 0 Å². The first-order valence-corrected chi connectivity index (χ1v) is 3.16. The van der Waals surface area contributed by atoms with Crippen LogP contribution in [0, 0.1) is 0 Å². The van der Waals surface area contributed by atoms with Crippen LogP contribution < -0.4 is 11.3 Å². The SMILES string of the molecule is COC1=NN(N)NC(C(F)(F)F)=C1. The van der Waals surface area contributed by atoms with Crippen LogP contribution in [0.2, 0.25) is 0 Å². The molecule has 0 spiro atoms. The molecule has 1 heterocycles. The number of hydrogen-bond donors (Lipinski definition) is 2. The molecule has 3 N–H and O–H groups in total. The van der Waals surface area contributed by atoms with Crippen LogP contribution in [0.1, 0.15) is 0 Å². The summed E-state index contributed by atoms with van der Waals surface area (Å²) in [5.74, 6) is 4.79. The third-order valence-corrected chi connectivity index (χ3v) is 1.22. The van der Waals surface area contributed by atoms with E-state index in [4.69, 9.17) is 5.84 Å². The van der Waals surface area contributed by atoms with Crippen molar-refractivity contribution in [3.63, 3.8) is 0 Å². The number of methoxy groups -OCH3 is 1. The summed E-state index contributed by atoms with van der Waals surface area (Å²) in [5.41, 5.74) is 0.774. The van der Waals surface area contributed by atoms with Crippen LogP contribution >= 0.6 is 0 Å². The van der Waals surface area contributed by atoms with Crippen LogP contribution in [0.3, 0.4) is 0 Å². The van der Waals surface area contributed by atoms with Gasteiger partial charge in [0.2, 0.25) is 5.90 Å². The van der Waals surface area contributed by atoms with E-state index in [0.29, 0.717) is 11.3 Å². The van der Waals surface area contributed by atoms with E-state index in [2.05, 4.69) is 9.84 Å². The predicted molar refractivity (Wildman–Crippen MR) is 37.7 cm³/mol. The third kappa shape index (κ3) is 2.25. The smallest absolute Gasteiger partial charge is 0.432 e. The quantitative estimate of drug-likeness (QED) is 0.539. The van der Waals surface area contributed by atoms with Gasteiger partial charge in [-0.1, -0.05) is 0 Å². The van der Waals surface area contributed by atoms with Gasteiger partial charge < -0.3 is 4.74 Å². The number of halogens is 3. The standard InChI is InChI=1S/C5H7F3N4O/c1-13-4-2-3(5(6,7)8)10-12(9)11-4/h2,10H,9H2,1H3. The number of nitrogens with zero attached hydrogens (tertiary/aromatic N) is 2. The second-order valence-corrected chi connectivity index (χ2v) is 2.15. The fraction of sp³-hybridized carbons (Fsp3) is 0.400. The molecule has 8 heteroatoms. The lowest BCUT2D eigenvalue weighted by Crippen LogP contribution is -2.46. The third-order valence-electron chi connectivity index (χ3n) is 1.22. The molecule has 0 fully saturated rings. The number of hydrazone groups is 1. The topological polar surface area (TPSA) is 62.9 Å². The van der Waals surface area contributed by atoms with Gasteiger partial charge in [0.25, 0.3) is 0 Å². The summed E-state index contributed by atoms with van der Waals surface area (Å²) in [6, 6.07) is 0. The van der Waals surface area contributed by atoms with Crippen molar-refractivity contribution >= 4 is 5.90 Å². The monoisotopic (exact) mass is 196 g/mol. The lowest BCUT2D eigenvalue weighted by Gasteiger charge is -2.23. The van der Waals surface area contributed by atoms with E-state index < -0.39 is 11.9 Å². The van der Waals surface area contributed by atoms with Crippen molar-refractivity contribution < 1.29 is 17.9 Å². The lowest BCUT2D eigenvalue weighted by molar-refractivity contribution is -0.105. The first-order valence-electron chi connectivity index (χ1n) is 3.16. The molecule has 0 atom stereocenters. The van der Waals surface area contributed by atoms with E-state index in [1.54, 1.807) is 5.43 Å². The molecule has 0 aliphatic carbocycles. The molecule has 1 rings (SSSR count). The van der Waals surface area contributed by atoms with Crippen LogP contribution in [0.25, 0.3) is 0 Å². The first kappa shape index (κ1) is 9.65. The molecule has 0 bridgehead atoms. The summed E-state index contributed by atoms with van der Waals surface area (Å²) >= 11 is 0. The fourth-order valence-electron chi connectivity index (χ4n) is 0.684. The molecule has 0 saturated carbocycles. The van der Waals surface area contributed by atoms with Gasteiger partial charge in [-0.25, -0.2) is 5.84 Å². The Balaban J connectivity index is 2.89. The Morgan fingerprint density at radius 2 is 2.23 bits per heavy atom. The van der Waals surface area contributed by atoms with Gasteiger partial charge >= 0.3 is 6.18 Å². The highest BCUT2D eigenvalue weighted by molar-refractivity contribution is 5.88. The van der Waals surface area contributed by atoms with Crippen molar-refractivity contribution in [2.45, 2.75) is 6.18 Å². The first-order chi connectivity index (χ1) is 5.93. The second-order valence-electron chi connectivity index (χ2n) is 2.15. The van der Waals surface area contributed by atoms with Crippen molar-refractivity contribution in [1.29, 1.82) is 0 Å². The molecule has 0 aromatic rings. The van der Waals surface area contributed by atoms with Crippen molar-refractivity contribution in [3.8, 4) is 0 Å². The number of hydrogen-bond acceptors (Lipinski definition) is 5. The highest BCUT2D eigenvalue weighted by Gasteiger charge is 2.36. The molecule has 5 nitrogen and oxygen atoms in total. The van der Waals surface area contributed by atoms with E-state index in [0.717, 1.165) is 0 Å². The number of ether oxygens (including phenoxy) is 1. The molecule has 0 aromatic carbocycles. The van der Waals surface area contributed by atoms with Crippen molar-refractivity contribution in [3.05, 3.63) is 11.8 Å². The van der Waals surface area contributed by atoms with Gasteiger partial charge in [-0.05, 0) is 0 Å². The largest absolute Gasteiger partial charge is 0.480 e. The molecule has 1 aliphatic heterocycles. The zero-order valence-electron chi connectivity index (χ0n) is 6.59. The molecule has 74 valence electrons. The van der Waals surface area contributed by atoms with Crippen LogP contribution in [-0.2, 0) is 4.74 Å². The molecule has 0 unspecified atom stereocenters. The maximum Gasteiger partial charge on any atom is 0.432 e. The Morgan fingerprint density at radius 1 is 1.62 bits per heavy atom. The minimum absolute atomic E-state index is 0.214. The Labute approximate surface area is 71.6 Å². The second kappa shape index (κ2) is 3.13. The van der Waals surface area contributed by atoms with Crippen LogP contribution in [0.4, 0.5) is 13.2 Å². The highest BCUT2D eigenvalue weighted by atomic mass is 19.4. The average Bonchev–Trinajstić information content (AvgIpc) is 2.01. The average molecular weight is 196 g/mol. The molecule has 0 amide bonds. The normalized spacial score (nSPS) is 17.5. The van der Waals surface area contributed by atoms with E-state index in [-0.39, 0.29) is 5.90 Å². The summed E-state index contributed by atoms with van der Waals surface area (Å²) in [4.78, 5) is 0. The Bertz CT molecular complexity index is 259. The van der Waals surface area contributed by atoms with E-state index in [9.17, 15) is 13.2 Å². The number of nitrogens with one attached hydrogen (secondary N) is 1. The summed E-state index contributed by atoms with van der Waals surface area (Å²) in [6.07, 6.45) is -3.79. The lowest BCUT2D eigenvalue weighted by atomic mass is 10.4. The van der Waals surface area contributed by atoms with E-state index in [1.807, 2.05) is 0 Å². The molecule has 0 radical (unpaired) electrons. The molecule has 13 heavy (non-hydrogen) atoms. The molecule has 0 aromatic heterocycles. The Hall–Kier alpha value is -1.44. The number of nitrogens with two attached hydrogens (primary N) is 1. The van der Waals surface area contributed by atoms with Crippen molar-refractivity contribution in [1.82, 2.24) is 10.7 Å². The predicted octanol–water partition coefficient (Wildman–Crippen LogP) is 0.0864. The minimum atomic E-state index is -4.50. The molecular weight excluding hydrogens is 189 g/mol. The van der Waals surface area contributed by atoms with Crippen molar-refractivity contribution in [2.24, 2.45) is 10.9 Å². The molecule has 1 aliphatic rings. The van der Waals surface area contributed by atoms with Gasteiger partial charge in [0.15, 0.2) is 0 Å². The number of alkyl halides is 3. The van der Waals surface area contributed by atoms with Gasteiger partial charge in [0.05, 0.1) is 7.11 Å². The number of allylic oxidation sites excluding steroid dienone is 1. The zero-order chi connectivity index (χ0) is 10.1. The van der Waals surface area contributed by atoms with E-state index in [1.165, 1.54) is 7.11 Å². The minimum Gasteiger partial charge on any atom is -0.480 e. The van der Waals surface area contributed by atoms with Gasteiger partial charge in [0.1, 0.15) is 5.70 Å². The van der Waals surface area contributed by atoms with Crippen molar-refractivity contribution in [2.75, 3.05) is 7.11 Å². The summed E-state index contributed by atoms with van der Waals surface area (Å²) in [7, 11) is 1.20. The van der Waals surface area contributed by atoms with Gasteiger partial charge in [-0.2, -0.15) is 13.2 Å². The zero-order valence-corrected chi connectivity index (χ0v) is 6.59. The maximum atomic E-state index is 12.1. The maximum absolute atomic E-state index is 12.1. The Kier molecular flexibility index (Phi) is 2.32. The van der Waals surface area contributed by atoms with Crippen LogP contribution in [0.5, 0.6) is 0 Å². The summed E-state index contributed by atoms with van der Waals surface area (Å²) in [6.45, 7) is 0. The van der Waals surface area contributed by atoms with Crippen LogP contribution in [0.15, 0.2) is 16.9 Å². The molecule has 0 saturated heterocycles. The van der Waals surface area contributed by atoms with Gasteiger partial charge in [0, 0.05) is 6.08 Å². The number of rotatable bonds is 0. The Morgan fingerprint density at radius 3 is 2.69 bits per heavy atom. The van der Waals surface area contributed by atoms with Crippen LogP contribution in [-0.4, -0.2) is 24.4 Å². The summed E-state index contributed by atoms with van der Waals surface area (Å²) in [5, 5.41) is 3.81. The highest BCUT2D eigenvalue weighted by Crippen LogP contribution is 2.24. The summed E-state index contributed by atoms with van der Waals surface area (Å²) < 4.78 is 40.8. The molecular formula is C5H7F3N4O. The fourth-order valence-corrected chi connectivity index (χ4v) is 0.684. The van der Waals surface area contributed by atoms with Gasteiger partial charge in [-0.15, -0.1) is 10.3 Å².